The predicted octanol–water partition coefficient (Wildman–Crippen LogP) is 1.52. The van der Waals surface area contributed by atoms with Gasteiger partial charge in [-0.2, -0.15) is 0 Å². The van der Waals surface area contributed by atoms with Gasteiger partial charge < -0.3 is 9.64 Å². The molecule has 0 spiro atoms. The molecule has 0 aromatic heterocycles. The lowest BCUT2D eigenvalue weighted by molar-refractivity contribution is -0.0660. The Kier molecular flexibility index (Phi) is 3.04. The topological polar surface area (TPSA) is 15.7 Å². The summed E-state index contributed by atoms with van der Waals surface area (Å²) in [5.74, 6) is 0. The van der Waals surface area contributed by atoms with E-state index in [9.17, 15) is 0 Å². The van der Waals surface area contributed by atoms with Gasteiger partial charge in [0.25, 0.3) is 0 Å². The average molecular weight is 232 g/mol. The van der Waals surface area contributed by atoms with Gasteiger partial charge in [-0.3, -0.25) is 4.90 Å². The van der Waals surface area contributed by atoms with Gasteiger partial charge in [-0.05, 0) is 18.6 Å². The van der Waals surface area contributed by atoms with Gasteiger partial charge >= 0.3 is 0 Å². The fraction of sp³-hybridized carbons (Fsp3) is 0.571. The summed E-state index contributed by atoms with van der Waals surface area (Å²) in [6.45, 7) is 8.68. The van der Waals surface area contributed by atoms with E-state index in [0.717, 1.165) is 26.3 Å². The van der Waals surface area contributed by atoms with E-state index in [-0.39, 0.29) is 0 Å². The van der Waals surface area contributed by atoms with E-state index < -0.39 is 0 Å². The summed E-state index contributed by atoms with van der Waals surface area (Å²) in [6, 6.07) is 9.36. The molecule has 1 aromatic carbocycles. The third-order valence-electron chi connectivity index (χ3n) is 3.91. The molecule has 17 heavy (non-hydrogen) atoms. The number of anilines is 1. The Labute approximate surface area is 103 Å². The minimum atomic E-state index is 0.689. The minimum absolute atomic E-state index is 0.689. The van der Waals surface area contributed by atoms with Crippen LogP contribution >= 0.6 is 0 Å². The number of nitrogens with zero attached hydrogens (tertiary/aromatic N) is 2. The fourth-order valence-corrected chi connectivity index (χ4v) is 2.68. The highest BCUT2D eigenvalue weighted by Gasteiger charge is 2.28. The Bertz CT molecular complexity index is 382. The second-order valence-corrected chi connectivity index (χ2v) is 5.00. The van der Waals surface area contributed by atoms with Crippen molar-refractivity contribution in [2.45, 2.75) is 13.0 Å². The molecule has 0 saturated carbocycles. The third kappa shape index (κ3) is 2.17. The van der Waals surface area contributed by atoms with Crippen molar-refractivity contribution < 1.29 is 4.74 Å². The molecule has 2 saturated heterocycles. The molecule has 0 amide bonds. The Morgan fingerprint density at radius 3 is 2.35 bits per heavy atom. The standard InChI is InChI=1S/C14H20N2O/c1-12-4-2-3-5-14(12)16-8-6-15(7-9-16)13-10-17-11-13/h2-5,13H,6-11H2,1H3. The highest BCUT2D eigenvalue weighted by atomic mass is 16.5. The van der Waals surface area contributed by atoms with Crippen LogP contribution in [0.5, 0.6) is 0 Å². The molecule has 0 bridgehead atoms. The maximum absolute atomic E-state index is 5.26. The molecule has 2 fully saturated rings. The van der Waals surface area contributed by atoms with E-state index in [1.807, 2.05) is 0 Å². The van der Waals surface area contributed by atoms with Gasteiger partial charge in [0.1, 0.15) is 0 Å². The molecule has 0 aliphatic carbocycles. The van der Waals surface area contributed by atoms with Crippen LogP contribution in [0.15, 0.2) is 24.3 Å². The summed E-state index contributed by atoms with van der Waals surface area (Å²) in [5.41, 5.74) is 2.78. The van der Waals surface area contributed by atoms with E-state index in [4.69, 9.17) is 4.74 Å². The second kappa shape index (κ2) is 4.67. The third-order valence-corrected chi connectivity index (χ3v) is 3.91. The number of hydrogen-bond donors (Lipinski definition) is 0. The van der Waals surface area contributed by atoms with E-state index >= 15 is 0 Å². The average Bonchev–Trinajstić information content (AvgIpc) is 2.29. The van der Waals surface area contributed by atoms with Crippen LogP contribution in [-0.2, 0) is 4.74 Å². The van der Waals surface area contributed by atoms with Crippen LogP contribution in [0.25, 0.3) is 0 Å². The van der Waals surface area contributed by atoms with Crippen LogP contribution in [-0.4, -0.2) is 50.3 Å². The van der Waals surface area contributed by atoms with Gasteiger partial charge in [-0.15, -0.1) is 0 Å². The molecule has 0 radical (unpaired) electrons. The molecule has 1 aromatic rings. The Morgan fingerprint density at radius 2 is 1.76 bits per heavy atom. The normalized spacial score (nSPS) is 22.5. The van der Waals surface area contributed by atoms with Crippen LogP contribution in [0.4, 0.5) is 5.69 Å². The summed E-state index contributed by atoms with van der Waals surface area (Å²) in [4.78, 5) is 5.07. The molecule has 3 rings (SSSR count). The number of piperazine rings is 1. The predicted molar refractivity (Wildman–Crippen MR) is 69.6 cm³/mol. The van der Waals surface area contributed by atoms with Crippen LogP contribution < -0.4 is 4.90 Å². The second-order valence-electron chi connectivity index (χ2n) is 5.00. The first-order valence-corrected chi connectivity index (χ1v) is 6.47. The van der Waals surface area contributed by atoms with Crippen LogP contribution in [0, 0.1) is 6.92 Å². The SMILES string of the molecule is Cc1ccccc1N1CCN(C2COC2)CC1. The highest BCUT2D eigenvalue weighted by molar-refractivity contribution is 5.53. The molecular weight excluding hydrogens is 212 g/mol. The number of hydrogen-bond acceptors (Lipinski definition) is 3. The van der Waals surface area contributed by atoms with E-state index in [1.165, 1.54) is 24.3 Å². The van der Waals surface area contributed by atoms with Gasteiger partial charge in [0.2, 0.25) is 0 Å². The van der Waals surface area contributed by atoms with Gasteiger partial charge in [-0.25, -0.2) is 0 Å². The lowest BCUT2D eigenvalue weighted by atomic mass is 10.1. The van der Waals surface area contributed by atoms with Crippen LogP contribution in [0.3, 0.4) is 0 Å². The molecule has 2 aliphatic rings. The van der Waals surface area contributed by atoms with Crippen molar-refractivity contribution in [3.05, 3.63) is 29.8 Å². The smallest absolute Gasteiger partial charge is 0.0645 e. The molecule has 0 N–H and O–H groups in total. The van der Waals surface area contributed by atoms with E-state index in [2.05, 4.69) is 41.0 Å². The number of rotatable bonds is 2. The van der Waals surface area contributed by atoms with Crippen molar-refractivity contribution in [2.75, 3.05) is 44.3 Å². The summed E-state index contributed by atoms with van der Waals surface area (Å²) in [7, 11) is 0. The number of ether oxygens (including phenoxy) is 1. The Balaban J connectivity index is 1.63. The molecule has 3 heteroatoms. The Morgan fingerprint density at radius 1 is 1.06 bits per heavy atom. The maximum atomic E-state index is 5.26. The lowest BCUT2D eigenvalue weighted by Crippen LogP contribution is -2.56. The van der Waals surface area contributed by atoms with Gasteiger partial charge in [0, 0.05) is 31.9 Å². The molecule has 0 unspecified atom stereocenters. The molecule has 0 atom stereocenters. The fourth-order valence-electron chi connectivity index (χ4n) is 2.68. The van der Waals surface area contributed by atoms with Gasteiger partial charge in [-0.1, -0.05) is 18.2 Å². The van der Waals surface area contributed by atoms with Gasteiger partial charge in [0.15, 0.2) is 0 Å². The summed E-state index contributed by atoms with van der Waals surface area (Å²) >= 11 is 0. The zero-order valence-corrected chi connectivity index (χ0v) is 10.4. The summed E-state index contributed by atoms with van der Waals surface area (Å²) in [5, 5.41) is 0. The van der Waals surface area contributed by atoms with Crippen molar-refractivity contribution in [3.63, 3.8) is 0 Å². The minimum Gasteiger partial charge on any atom is -0.378 e. The van der Waals surface area contributed by atoms with Crippen molar-refractivity contribution in [3.8, 4) is 0 Å². The lowest BCUT2D eigenvalue weighted by Gasteiger charge is -2.43. The Hall–Kier alpha value is -1.06. The van der Waals surface area contributed by atoms with Crippen molar-refractivity contribution >= 4 is 5.69 Å². The molecule has 2 heterocycles. The molecule has 3 nitrogen and oxygen atoms in total. The van der Waals surface area contributed by atoms with Crippen LogP contribution in [0.1, 0.15) is 5.56 Å². The van der Waals surface area contributed by atoms with E-state index in [0.29, 0.717) is 6.04 Å². The van der Waals surface area contributed by atoms with Crippen molar-refractivity contribution in [1.29, 1.82) is 0 Å². The summed E-state index contributed by atoms with van der Waals surface area (Å²) in [6.07, 6.45) is 0. The zero-order valence-electron chi connectivity index (χ0n) is 10.4. The number of benzene rings is 1. The van der Waals surface area contributed by atoms with Gasteiger partial charge in [0.05, 0.1) is 19.3 Å². The summed E-state index contributed by atoms with van der Waals surface area (Å²) < 4.78 is 5.26. The number of para-hydroxylation sites is 1. The monoisotopic (exact) mass is 232 g/mol. The molecule has 92 valence electrons. The first-order chi connectivity index (χ1) is 8.34. The largest absolute Gasteiger partial charge is 0.378 e. The van der Waals surface area contributed by atoms with Crippen LogP contribution in [0.2, 0.25) is 0 Å². The maximum Gasteiger partial charge on any atom is 0.0645 e. The quantitative estimate of drug-likeness (QED) is 0.769. The number of aryl methyl sites for hydroxylation is 1. The first kappa shape index (κ1) is 11.1. The zero-order chi connectivity index (χ0) is 11.7. The van der Waals surface area contributed by atoms with Crippen molar-refractivity contribution in [2.24, 2.45) is 0 Å². The highest BCUT2D eigenvalue weighted by Crippen LogP contribution is 2.22. The molecular formula is C14H20N2O. The molecule has 2 aliphatic heterocycles. The van der Waals surface area contributed by atoms with Crippen molar-refractivity contribution in [1.82, 2.24) is 4.90 Å². The van der Waals surface area contributed by atoms with E-state index in [1.54, 1.807) is 0 Å². The first-order valence-electron chi connectivity index (χ1n) is 6.47.